The molecular weight excluding hydrogens is 155 g/mol. The second kappa shape index (κ2) is 3.30. The molecule has 2 atom stereocenters. The molecule has 12 heavy (non-hydrogen) atoms. The van der Waals surface area contributed by atoms with E-state index in [0.29, 0.717) is 6.42 Å². The fourth-order valence-corrected chi connectivity index (χ4v) is 1.89. The van der Waals surface area contributed by atoms with Gasteiger partial charge in [-0.25, -0.2) is 4.39 Å². The van der Waals surface area contributed by atoms with Crippen LogP contribution in [0.5, 0.6) is 0 Å². The van der Waals surface area contributed by atoms with Crippen LogP contribution in [-0.4, -0.2) is 43.3 Å². The third kappa shape index (κ3) is 1.77. The van der Waals surface area contributed by atoms with Crippen LogP contribution in [0.15, 0.2) is 0 Å². The van der Waals surface area contributed by atoms with Gasteiger partial charge in [-0.2, -0.15) is 0 Å². The van der Waals surface area contributed by atoms with Crippen LogP contribution in [0.25, 0.3) is 0 Å². The molecule has 0 bridgehead atoms. The van der Waals surface area contributed by atoms with Gasteiger partial charge in [0.1, 0.15) is 6.17 Å². The molecule has 2 unspecified atom stereocenters. The van der Waals surface area contributed by atoms with E-state index in [1.807, 2.05) is 0 Å². The smallest absolute Gasteiger partial charge is 0.118 e. The predicted octanol–water partition coefficient (Wildman–Crippen LogP) is 0.781. The summed E-state index contributed by atoms with van der Waals surface area (Å²) in [5.74, 6) is 0. The van der Waals surface area contributed by atoms with E-state index in [-0.39, 0.29) is 6.04 Å². The van der Waals surface area contributed by atoms with Crippen molar-refractivity contribution in [1.29, 1.82) is 0 Å². The van der Waals surface area contributed by atoms with E-state index in [4.69, 9.17) is 0 Å². The summed E-state index contributed by atoms with van der Waals surface area (Å²) in [5, 5.41) is 3.20. The molecule has 0 aromatic heterocycles. The maximum Gasteiger partial charge on any atom is 0.118 e. The van der Waals surface area contributed by atoms with E-state index in [1.54, 1.807) is 0 Å². The molecule has 0 amide bonds. The fraction of sp³-hybridized carbons (Fsp3) is 1.00. The van der Waals surface area contributed by atoms with Crippen LogP contribution in [-0.2, 0) is 0 Å². The number of alkyl halides is 1. The SMILES string of the molecule is CN(CC1NCCC1F)C1CC1. The zero-order valence-electron chi connectivity index (χ0n) is 7.59. The first-order chi connectivity index (χ1) is 5.77. The quantitative estimate of drug-likeness (QED) is 0.677. The van der Waals surface area contributed by atoms with Crippen LogP contribution in [0.1, 0.15) is 19.3 Å². The first kappa shape index (κ1) is 8.45. The molecule has 2 nitrogen and oxygen atoms in total. The third-order valence-corrected chi connectivity index (χ3v) is 2.92. The van der Waals surface area contributed by atoms with Gasteiger partial charge in [-0.1, -0.05) is 0 Å². The minimum atomic E-state index is -0.619. The Balaban J connectivity index is 1.76. The third-order valence-electron chi connectivity index (χ3n) is 2.92. The molecule has 2 rings (SSSR count). The summed E-state index contributed by atoms with van der Waals surface area (Å²) in [6, 6.07) is 0.843. The zero-order chi connectivity index (χ0) is 8.55. The molecule has 0 aromatic rings. The Hall–Kier alpha value is -0.150. The molecule has 1 N–H and O–H groups in total. The largest absolute Gasteiger partial charge is 0.310 e. The summed E-state index contributed by atoms with van der Waals surface area (Å²) in [4.78, 5) is 2.29. The van der Waals surface area contributed by atoms with Crippen LogP contribution in [0.3, 0.4) is 0 Å². The summed E-state index contributed by atoms with van der Waals surface area (Å²) in [6.45, 7) is 1.73. The van der Waals surface area contributed by atoms with Crippen molar-refractivity contribution in [2.24, 2.45) is 0 Å². The minimum absolute atomic E-state index is 0.0931. The van der Waals surface area contributed by atoms with E-state index in [1.165, 1.54) is 12.8 Å². The number of hydrogen-bond donors (Lipinski definition) is 1. The molecule has 1 aliphatic carbocycles. The summed E-state index contributed by atoms with van der Waals surface area (Å²) < 4.78 is 13.1. The minimum Gasteiger partial charge on any atom is -0.310 e. The lowest BCUT2D eigenvalue weighted by Gasteiger charge is -2.21. The van der Waals surface area contributed by atoms with Crippen LogP contribution in [0.2, 0.25) is 0 Å². The summed E-state index contributed by atoms with van der Waals surface area (Å²) in [5.41, 5.74) is 0. The van der Waals surface area contributed by atoms with Gasteiger partial charge >= 0.3 is 0 Å². The Kier molecular flexibility index (Phi) is 2.33. The summed E-state index contributed by atoms with van der Waals surface area (Å²) in [7, 11) is 2.10. The average molecular weight is 172 g/mol. The van der Waals surface area contributed by atoms with Gasteiger partial charge in [0.05, 0.1) is 6.04 Å². The lowest BCUT2D eigenvalue weighted by molar-refractivity contribution is 0.225. The Morgan fingerprint density at radius 3 is 2.67 bits per heavy atom. The van der Waals surface area contributed by atoms with E-state index in [0.717, 1.165) is 19.1 Å². The molecule has 2 aliphatic rings. The van der Waals surface area contributed by atoms with Crippen LogP contribution in [0.4, 0.5) is 4.39 Å². The fourth-order valence-electron chi connectivity index (χ4n) is 1.89. The highest BCUT2D eigenvalue weighted by atomic mass is 19.1. The number of likely N-dealkylation sites (N-methyl/N-ethyl adjacent to an activating group) is 1. The number of hydrogen-bond acceptors (Lipinski definition) is 2. The van der Waals surface area contributed by atoms with E-state index in [9.17, 15) is 4.39 Å². The molecule has 3 heteroatoms. The Morgan fingerprint density at radius 2 is 2.17 bits per heavy atom. The molecule has 0 aromatic carbocycles. The maximum atomic E-state index is 13.1. The van der Waals surface area contributed by atoms with Crippen molar-refractivity contribution in [2.75, 3.05) is 20.1 Å². The number of rotatable bonds is 3. The second-order valence-corrected chi connectivity index (χ2v) is 4.04. The molecular formula is C9H17FN2. The first-order valence-corrected chi connectivity index (χ1v) is 4.85. The van der Waals surface area contributed by atoms with Crippen molar-refractivity contribution in [2.45, 2.75) is 37.5 Å². The molecule has 0 radical (unpaired) electrons. The maximum absolute atomic E-state index is 13.1. The first-order valence-electron chi connectivity index (χ1n) is 4.85. The molecule has 70 valence electrons. The second-order valence-electron chi connectivity index (χ2n) is 4.04. The van der Waals surface area contributed by atoms with Gasteiger partial charge in [0.2, 0.25) is 0 Å². The van der Waals surface area contributed by atoms with Crippen molar-refractivity contribution in [3.05, 3.63) is 0 Å². The van der Waals surface area contributed by atoms with Gasteiger partial charge in [0, 0.05) is 12.6 Å². The number of nitrogens with zero attached hydrogens (tertiary/aromatic N) is 1. The van der Waals surface area contributed by atoms with Crippen LogP contribution in [0, 0.1) is 0 Å². The van der Waals surface area contributed by atoms with E-state index >= 15 is 0 Å². The van der Waals surface area contributed by atoms with Gasteiger partial charge in [0.15, 0.2) is 0 Å². The lowest BCUT2D eigenvalue weighted by Crippen LogP contribution is -2.40. The summed E-state index contributed by atoms with van der Waals surface area (Å²) >= 11 is 0. The Labute approximate surface area is 73.1 Å². The molecule has 1 heterocycles. The Morgan fingerprint density at radius 1 is 1.42 bits per heavy atom. The van der Waals surface area contributed by atoms with Crippen LogP contribution < -0.4 is 5.32 Å². The highest BCUT2D eigenvalue weighted by Gasteiger charge is 2.32. The standard InChI is InChI=1S/C9H17FN2/c1-12(7-2-3-7)6-9-8(10)4-5-11-9/h7-9,11H,2-6H2,1H3. The summed E-state index contributed by atoms with van der Waals surface area (Å²) in [6.07, 6.45) is 2.69. The molecule has 1 aliphatic heterocycles. The zero-order valence-corrected chi connectivity index (χ0v) is 7.59. The highest BCUT2D eigenvalue weighted by molar-refractivity contribution is 4.90. The van der Waals surface area contributed by atoms with Crippen molar-refractivity contribution >= 4 is 0 Å². The number of halogens is 1. The van der Waals surface area contributed by atoms with Crippen molar-refractivity contribution in [3.63, 3.8) is 0 Å². The predicted molar refractivity (Wildman–Crippen MR) is 47.0 cm³/mol. The van der Waals surface area contributed by atoms with Crippen molar-refractivity contribution in [1.82, 2.24) is 10.2 Å². The Bertz CT molecular complexity index is 159. The van der Waals surface area contributed by atoms with Gasteiger partial charge in [-0.3, -0.25) is 0 Å². The van der Waals surface area contributed by atoms with Crippen molar-refractivity contribution in [3.8, 4) is 0 Å². The molecule has 1 saturated carbocycles. The number of nitrogens with one attached hydrogen (secondary N) is 1. The molecule has 2 fully saturated rings. The van der Waals surface area contributed by atoms with E-state index in [2.05, 4.69) is 17.3 Å². The van der Waals surface area contributed by atoms with Gasteiger partial charge in [-0.05, 0) is 32.9 Å². The molecule has 1 saturated heterocycles. The molecule has 0 spiro atoms. The normalized spacial score (nSPS) is 36.2. The average Bonchev–Trinajstić information content (AvgIpc) is 2.80. The van der Waals surface area contributed by atoms with Crippen molar-refractivity contribution < 1.29 is 4.39 Å². The van der Waals surface area contributed by atoms with Crippen LogP contribution >= 0.6 is 0 Å². The van der Waals surface area contributed by atoms with E-state index < -0.39 is 6.17 Å². The topological polar surface area (TPSA) is 15.3 Å². The highest BCUT2D eigenvalue weighted by Crippen LogP contribution is 2.26. The van der Waals surface area contributed by atoms with Gasteiger partial charge in [-0.15, -0.1) is 0 Å². The monoisotopic (exact) mass is 172 g/mol. The van der Waals surface area contributed by atoms with Gasteiger partial charge in [0.25, 0.3) is 0 Å². The lowest BCUT2D eigenvalue weighted by atomic mass is 10.2. The van der Waals surface area contributed by atoms with Gasteiger partial charge < -0.3 is 10.2 Å².